The monoisotopic (exact) mass is 361 g/mol. The molecule has 5 N–H and O–H groups in total. The Morgan fingerprint density at radius 2 is 1.88 bits per heavy atom. The number of hydrogen-bond donors (Lipinski definition) is 3. The molecule has 0 saturated carbocycles. The predicted molar refractivity (Wildman–Crippen MR) is 107 cm³/mol. The van der Waals surface area contributed by atoms with Crippen LogP contribution < -0.4 is 16.6 Å². The van der Waals surface area contributed by atoms with Gasteiger partial charge in [0.05, 0.1) is 23.0 Å². The number of halogens is 1. The zero-order chi connectivity index (χ0) is 18.7. The lowest BCUT2D eigenvalue weighted by molar-refractivity contribution is 0.281. The van der Waals surface area contributed by atoms with Gasteiger partial charge in [-0.2, -0.15) is 0 Å². The fourth-order valence-corrected chi connectivity index (χ4v) is 3.52. The zero-order valence-electron chi connectivity index (χ0n) is 15.4. The van der Waals surface area contributed by atoms with E-state index in [-0.39, 0.29) is 12.5 Å². The van der Waals surface area contributed by atoms with E-state index in [1.165, 1.54) is 0 Å². The maximum Gasteiger partial charge on any atom is 0.0762 e. The molecule has 4 nitrogen and oxygen atoms in total. The van der Waals surface area contributed by atoms with Gasteiger partial charge in [0.2, 0.25) is 0 Å². The molecule has 0 aromatic heterocycles. The van der Waals surface area contributed by atoms with E-state index >= 15 is 0 Å². The van der Waals surface area contributed by atoms with Gasteiger partial charge in [-0.05, 0) is 48.1 Å². The molecule has 2 aromatic rings. The van der Waals surface area contributed by atoms with Crippen molar-refractivity contribution in [2.45, 2.75) is 40.2 Å². The van der Waals surface area contributed by atoms with E-state index in [9.17, 15) is 5.11 Å². The quantitative estimate of drug-likeness (QED) is 0.409. The topological polar surface area (TPSA) is 75.5 Å². The molecule has 1 atom stereocenters. The van der Waals surface area contributed by atoms with Crippen molar-refractivity contribution in [3.63, 3.8) is 0 Å². The third-order valence-electron chi connectivity index (χ3n) is 4.74. The number of hydrazine groups is 1. The molecular formula is C20H28ClN3O. The molecule has 25 heavy (non-hydrogen) atoms. The van der Waals surface area contributed by atoms with Gasteiger partial charge < -0.3 is 15.8 Å². The van der Waals surface area contributed by atoms with Crippen LogP contribution in [-0.2, 0) is 6.61 Å². The van der Waals surface area contributed by atoms with Crippen LogP contribution in [-0.4, -0.2) is 11.7 Å². The third kappa shape index (κ3) is 3.92. The summed E-state index contributed by atoms with van der Waals surface area (Å²) in [5.74, 6) is 6.39. The predicted octanol–water partition coefficient (Wildman–Crippen LogP) is 4.21. The zero-order valence-corrected chi connectivity index (χ0v) is 16.1. The van der Waals surface area contributed by atoms with Crippen LogP contribution in [0.2, 0.25) is 5.02 Å². The van der Waals surface area contributed by atoms with Crippen molar-refractivity contribution in [3.05, 3.63) is 57.6 Å². The molecular weight excluding hydrogens is 334 g/mol. The van der Waals surface area contributed by atoms with Gasteiger partial charge in [0.25, 0.3) is 0 Å². The van der Waals surface area contributed by atoms with E-state index in [1.807, 2.05) is 32.0 Å². The number of nitrogens with two attached hydrogens (primary N) is 2. The summed E-state index contributed by atoms with van der Waals surface area (Å²) in [6, 6.07) is 10.1. The van der Waals surface area contributed by atoms with Crippen LogP contribution in [0, 0.1) is 12.8 Å². The first-order valence-electron chi connectivity index (χ1n) is 8.62. The van der Waals surface area contributed by atoms with E-state index < -0.39 is 0 Å². The van der Waals surface area contributed by atoms with Gasteiger partial charge in [-0.1, -0.05) is 49.7 Å². The van der Waals surface area contributed by atoms with E-state index in [1.54, 1.807) is 5.01 Å². The molecule has 0 heterocycles. The summed E-state index contributed by atoms with van der Waals surface area (Å²) in [6.45, 7) is 8.94. The molecule has 0 aliphatic rings. The van der Waals surface area contributed by atoms with Crippen molar-refractivity contribution >= 4 is 23.0 Å². The average Bonchev–Trinajstić information content (AvgIpc) is 2.59. The minimum atomic E-state index is 0.0257. The number of benzene rings is 2. The lowest BCUT2D eigenvalue weighted by atomic mass is 9.81. The summed E-state index contributed by atoms with van der Waals surface area (Å²) in [5, 5.41) is 11.7. The average molecular weight is 362 g/mol. The Bertz CT molecular complexity index is 746. The number of anilines is 2. The number of aliphatic hydroxyl groups excluding tert-OH is 1. The van der Waals surface area contributed by atoms with Gasteiger partial charge in [-0.15, -0.1) is 0 Å². The molecule has 0 spiro atoms. The first-order valence-corrected chi connectivity index (χ1v) is 8.99. The summed E-state index contributed by atoms with van der Waals surface area (Å²) >= 11 is 6.64. The summed E-state index contributed by atoms with van der Waals surface area (Å²) in [6.07, 6.45) is 0. The van der Waals surface area contributed by atoms with Crippen LogP contribution >= 0.6 is 11.6 Å². The fourth-order valence-electron chi connectivity index (χ4n) is 3.24. The second-order valence-electron chi connectivity index (χ2n) is 6.75. The minimum Gasteiger partial charge on any atom is -0.396 e. The molecule has 136 valence electrons. The lowest BCUT2D eigenvalue weighted by Gasteiger charge is -2.27. The van der Waals surface area contributed by atoms with Gasteiger partial charge >= 0.3 is 0 Å². The first kappa shape index (κ1) is 19.6. The number of aryl methyl sites for hydroxylation is 1. The Morgan fingerprint density at radius 1 is 1.20 bits per heavy atom. The Kier molecular flexibility index (Phi) is 6.33. The molecule has 0 bridgehead atoms. The second kappa shape index (κ2) is 8.09. The van der Waals surface area contributed by atoms with Gasteiger partial charge in [0, 0.05) is 12.5 Å². The molecule has 0 amide bonds. The molecule has 0 aliphatic heterocycles. The molecule has 0 saturated heterocycles. The van der Waals surface area contributed by atoms with Crippen molar-refractivity contribution in [3.8, 4) is 0 Å². The molecule has 0 radical (unpaired) electrons. The standard InChI is InChI=1S/C20H28ClN3O/c1-5-24(23)17-9-8-16(19(21)20(17)22)18(12(2)3)14-7-6-13(4)15(10-14)11-25/h6-10,12,18,25H,5,11,22-23H2,1-4H3. The van der Waals surface area contributed by atoms with E-state index in [0.717, 1.165) is 27.9 Å². The number of nitrogen functional groups attached to an aromatic ring is 1. The highest BCUT2D eigenvalue weighted by Crippen LogP contribution is 2.41. The Labute approximate surface area is 155 Å². The third-order valence-corrected chi connectivity index (χ3v) is 5.16. The van der Waals surface area contributed by atoms with Gasteiger partial charge in [-0.3, -0.25) is 0 Å². The van der Waals surface area contributed by atoms with E-state index in [4.69, 9.17) is 23.2 Å². The lowest BCUT2D eigenvalue weighted by Crippen LogP contribution is -2.31. The van der Waals surface area contributed by atoms with Crippen molar-refractivity contribution in [2.24, 2.45) is 11.8 Å². The number of aliphatic hydroxyl groups is 1. The van der Waals surface area contributed by atoms with Crippen LogP contribution in [0.4, 0.5) is 11.4 Å². The van der Waals surface area contributed by atoms with E-state index in [2.05, 4.69) is 26.0 Å². The SMILES string of the molecule is CCN(N)c1ccc(C(c2ccc(C)c(CO)c2)C(C)C)c(Cl)c1N. The van der Waals surface area contributed by atoms with Gasteiger partial charge in [0.1, 0.15) is 0 Å². The molecule has 2 rings (SSSR count). The molecule has 0 fully saturated rings. The highest BCUT2D eigenvalue weighted by atomic mass is 35.5. The van der Waals surface area contributed by atoms with Crippen molar-refractivity contribution < 1.29 is 5.11 Å². The normalized spacial score (nSPS) is 12.5. The molecule has 5 heteroatoms. The molecule has 2 aromatic carbocycles. The van der Waals surface area contributed by atoms with Crippen LogP contribution in [0.5, 0.6) is 0 Å². The maximum absolute atomic E-state index is 9.59. The minimum absolute atomic E-state index is 0.0257. The second-order valence-corrected chi connectivity index (χ2v) is 7.13. The van der Waals surface area contributed by atoms with Crippen molar-refractivity contribution in [1.29, 1.82) is 0 Å². The summed E-state index contributed by atoms with van der Waals surface area (Å²) < 4.78 is 0. The summed E-state index contributed by atoms with van der Waals surface area (Å²) in [4.78, 5) is 0. The van der Waals surface area contributed by atoms with Gasteiger partial charge in [0.15, 0.2) is 0 Å². The van der Waals surface area contributed by atoms with Crippen molar-refractivity contribution in [1.82, 2.24) is 0 Å². The highest BCUT2D eigenvalue weighted by molar-refractivity contribution is 6.34. The number of hydrogen-bond acceptors (Lipinski definition) is 4. The van der Waals surface area contributed by atoms with Crippen LogP contribution in [0.15, 0.2) is 30.3 Å². The van der Waals surface area contributed by atoms with Crippen LogP contribution in [0.25, 0.3) is 0 Å². The van der Waals surface area contributed by atoms with Crippen LogP contribution in [0.3, 0.4) is 0 Å². The fraction of sp³-hybridized carbons (Fsp3) is 0.400. The Balaban J connectivity index is 2.57. The Morgan fingerprint density at radius 3 is 2.44 bits per heavy atom. The van der Waals surface area contributed by atoms with Crippen LogP contribution in [0.1, 0.15) is 48.9 Å². The summed E-state index contributed by atoms with van der Waals surface area (Å²) in [5.41, 5.74) is 11.6. The van der Waals surface area contributed by atoms with Crippen molar-refractivity contribution in [2.75, 3.05) is 17.3 Å². The number of nitrogens with zero attached hydrogens (tertiary/aromatic N) is 1. The number of rotatable bonds is 6. The van der Waals surface area contributed by atoms with Gasteiger partial charge in [-0.25, -0.2) is 5.84 Å². The smallest absolute Gasteiger partial charge is 0.0762 e. The summed E-state index contributed by atoms with van der Waals surface area (Å²) in [7, 11) is 0. The largest absolute Gasteiger partial charge is 0.396 e. The highest BCUT2D eigenvalue weighted by Gasteiger charge is 2.24. The van der Waals surface area contributed by atoms with E-state index in [0.29, 0.717) is 23.2 Å². The molecule has 0 aliphatic carbocycles. The molecule has 1 unspecified atom stereocenters. The maximum atomic E-state index is 9.59. The Hall–Kier alpha value is -1.75. The first-order chi connectivity index (χ1) is 11.8.